The smallest absolute Gasteiger partial charge is 0.324 e. The first kappa shape index (κ1) is 14.7. The predicted octanol–water partition coefficient (Wildman–Crippen LogP) is 1.70. The van der Waals surface area contributed by atoms with Crippen molar-refractivity contribution in [2.75, 3.05) is 5.32 Å². The number of halogens is 2. The fourth-order valence-electron chi connectivity index (χ4n) is 1.51. The van der Waals surface area contributed by atoms with Crippen LogP contribution >= 0.6 is 31.9 Å². The van der Waals surface area contributed by atoms with E-state index in [1.165, 1.54) is 6.20 Å². The van der Waals surface area contributed by atoms with Crippen LogP contribution in [-0.2, 0) is 11.3 Å². The van der Waals surface area contributed by atoms with Crippen molar-refractivity contribution < 1.29 is 4.79 Å². The Hall–Kier alpha value is -1.67. The Balaban J connectivity index is 2.17. The summed E-state index contributed by atoms with van der Waals surface area (Å²) in [6.45, 7) is -0.199. The average Bonchev–Trinajstić information content (AvgIpc) is 2.39. The molecule has 20 heavy (non-hydrogen) atoms. The van der Waals surface area contributed by atoms with E-state index in [2.05, 4.69) is 42.2 Å². The monoisotopic (exact) mass is 401 g/mol. The van der Waals surface area contributed by atoms with Crippen molar-refractivity contribution in [2.24, 2.45) is 0 Å². The number of nitrogens with one attached hydrogen (secondary N) is 2. The third-order valence-electron chi connectivity index (χ3n) is 2.43. The Bertz CT molecular complexity index is 767. The maximum Gasteiger partial charge on any atom is 0.328 e. The van der Waals surface area contributed by atoms with Crippen LogP contribution in [0.4, 0.5) is 5.69 Å². The van der Waals surface area contributed by atoms with Gasteiger partial charge in [-0.05, 0) is 44.0 Å². The Morgan fingerprint density at radius 3 is 2.60 bits per heavy atom. The molecule has 0 unspecified atom stereocenters. The first-order valence-corrected chi connectivity index (χ1v) is 7.09. The van der Waals surface area contributed by atoms with Gasteiger partial charge in [0.2, 0.25) is 5.91 Å². The summed E-state index contributed by atoms with van der Waals surface area (Å²) in [7, 11) is 0. The molecule has 1 aromatic carbocycles. The van der Waals surface area contributed by atoms with Crippen molar-refractivity contribution in [3.8, 4) is 0 Å². The summed E-state index contributed by atoms with van der Waals surface area (Å²) in [6.07, 6.45) is 1.28. The number of H-pyrrole nitrogens is 1. The SMILES string of the molecule is O=C(Cn1cc(Br)c(=O)[nH]c1=O)Nc1ccccc1Br. The number of anilines is 1. The molecule has 0 aliphatic rings. The molecule has 0 radical (unpaired) electrons. The van der Waals surface area contributed by atoms with E-state index in [-0.39, 0.29) is 16.9 Å². The highest BCUT2D eigenvalue weighted by Gasteiger charge is 2.08. The first-order chi connectivity index (χ1) is 9.47. The fourth-order valence-corrected chi connectivity index (χ4v) is 2.24. The highest BCUT2D eigenvalue weighted by molar-refractivity contribution is 9.10. The summed E-state index contributed by atoms with van der Waals surface area (Å²) >= 11 is 6.31. The zero-order valence-electron chi connectivity index (χ0n) is 10.0. The lowest BCUT2D eigenvalue weighted by atomic mass is 10.3. The van der Waals surface area contributed by atoms with Crippen molar-refractivity contribution in [2.45, 2.75) is 6.54 Å². The third kappa shape index (κ3) is 3.45. The lowest BCUT2D eigenvalue weighted by Gasteiger charge is -2.08. The van der Waals surface area contributed by atoms with Crippen LogP contribution in [0.25, 0.3) is 0 Å². The summed E-state index contributed by atoms with van der Waals surface area (Å²) in [4.78, 5) is 36.7. The lowest BCUT2D eigenvalue weighted by Crippen LogP contribution is -2.33. The molecule has 1 heterocycles. The molecule has 6 nitrogen and oxygen atoms in total. The Kier molecular flexibility index (Phi) is 4.56. The Labute approximate surface area is 130 Å². The zero-order valence-corrected chi connectivity index (χ0v) is 13.2. The third-order valence-corrected chi connectivity index (χ3v) is 3.69. The van der Waals surface area contributed by atoms with Gasteiger partial charge in [-0.1, -0.05) is 12.1 Å². The molecule has 2 rings (SSSR count). The predicted molar refractivity (Wildman–Crippen MR) is 81.8 cm³/mol. The molecule has 8 heteroatoms. The number of aromatic nitrogens is 2. The van der Waals surface area contributed by atoms with Crippen molar-refractivity contribution in [3.05, 3.63) is 60.2 Å². The molecular formula is C12H9Br2N3O3. The maximum absolute atomic E-state index is 11.9. The molecular weight excluding hydrogens is 394 g/mol. The van der Waals surface area contributed by atoms with E-state index < -0.39 is 11.2 Å². The molecule has 104 valence electrons. The van der Waals surface area contributed by atoms with Gasteiger partial charge in [0.25, 0.3) is 5.56 Å². The van der Waals surface area contributed by atoms with Gasteiger partial charge in [0.15, 0.2) is 0 Å². The van der Waals surface area contributed by atoms with E-state index in [0.29, 0.717) is 5.69 Å². The second-order valence-corrected chi connectivity index (χ2v) is 5.60. The van der Waals surface area contributed by atoms with Crippen molar-refractivity contribution in [1.82, 2.24) is 9.55 Å². The minimum absolute atomic E-state index is 0.186. The number of amides is 1. The molecule has 0 saturated heterocycles. The maximum atomic E-state index is 11.9. The summed E-state index contributed by atoms with van der Waals surface area (Å²) in [5, 5.41) is 2.67. The molecule has 2 aromatic rings. The number of rotatable bonds is 3. The summed E-state index contributed by atoms with van der Waals surface area (Å²) in [6, 6.07) is 7.12. The highest BCUT2D eigenvalue weighted by Crippen LogP contribution is 2.20. The molecule has 0 aliphatic heterocycles. The quantitative estimate of drug-likeness (QED) is 0.819. The molecule has 2 N–H and O–H groups in total. The summed E-state index contributed by atoms with van der Waals surface area (Å²) < 4.78 is 2.03. The molecule has 0 spiro atoms. The highest BCUT2D eigenvalue weighted by atomic mass is 79.9. The van der Waals surface area contributed by atoms with Gasteiger partial charge in [-0.25, -0.2) is 4.79 Å². The van der Waals surface area contributed by atoms with Crippen LogP contribution in [-0.4, -0.2) is 15.5 Å². The Morgan fingerprint density at radius 2 is 1.90 bits per heavy atom. The number of nitrogens with zero attached hydrogens (tertiary/aromatic N) is 1. The molecule has 1 aromatic heterocycles. The lowest BCUT2D eigenvalue weighted by molar-refractivity contribution is -0.116. The topological polar surface area (TPSA) is 84.0 Å². The number of carbonyl (C=O) groups excluding carboxylic acids is 1. The zero-order chi connectivity index (χ0) is 14.7. The van der Waals surface area contributed by atoms with E-state index in [4.69, 9.17) is 0 Å². The summed E-state index contributed by atoms with van der Waals surface area (Å²) in [5.74, 6) is -0.377. The van der Waals surface area contributed by atoms with E-state index in [0.717, 1.165) is 9.04 Å². The fraction of sp³-hybridized carbons (Fsp3) is 0.0833. The normalized spacial score (nSPS) is 10.3. The number of para-hydroxylation sites is 1. The van der Waals surface area contributed by atoms with E-state index >= 15 is 0 Å². The molecule has 0 aliphatic carbocycles. The number of aromatic amines is 1. The average molecular weight is 403 g/mol. The van der Waals surface area contributed by atoms with Crippen LogP contribution in [0.5, 0.6) is 0 Å². The molecule has 0 bridgehead atoms. The number of hydrogen-bond donors (Lipinski definition) is 2. The first-order valence-electron chi connectivity index (χ1n) is 5.51. The second kappa shape index (κ2) is 6.19. The van der Waals surface area contributed by atoms with Crippen molar-refractivity contribution in [1.29, 1.82) is 0 Å². The van der Waals surface area contributed by atoms with Gasteiger partial charge in [-0.15, -0.1) is 0 Å². The van der Waals surface area contributed by atoms with Gasteiger partial charge in [-0.3, -0.25) is 19.1 Å². The van der Waals surface area contributed by atoms with Crippen LogP contribution in [0.2, 0.25) is 0 Å². The van der Waals surface area contributed by atoms with E-state index in [1.54, 1.807) is 18.2 Å². The molecule has 0 saturated carbocycles. The van der Waals surface area contributed by atoms with Crippen LogP contribution in [0.1, 0.15) is 0 Å². The Morgan fingerprint density at radius 1 is 1.20 bits per heavy atom. The molecule has 1 amide bonds. The number of carbonyl (C=O) groups is 1. The minimum atomic E-state index is -0.638. The molecule has 0 fully saturated rings. The van der Waals surface area contributed by atoms with Gasteiger partial charge in [0, 0.05) is 10.7 Å². The summed E-state index contributed by atoms with van der Waals surface area (Å²) in [5.41, 5.74) is -0.563. The van der Waals surface area contributed by atoms with Crippen molar-refractivity contribution in [3.63, 3.8) is 0 Å². The number of benzene rings is 1. The van der Waals surface area contributed by atoms with Crippen LogP contribution in [0, 0.1) is 0 Å². The van der Waals surface area contributed by atoms with Gasteiger partial charge in [-0.2, -0.15) is 0 Å². The van der Waals surface area contributed by atoms with Crippen LogP contribution < -0.4 is 16.6 Å². The molecule has 0 atom stereocenters. The van der Waals surface area contributed by atoms with Crippen molar-refractivity contribution >= 4 is 43.5 Å². The number of hydrogen-bond acceptors (Lipinski definition) is 3. The van der Waals surface area contributed by atoms with Gasteiger partial charge >= 0.3 is 5.69 Å². The second-order valence-electron chi connectivity index (χ2n) is 3.89. The van der Waals surface area contributed by atoms with Crippen LogP contribution in [0.15, 0.2) is 49.0 Å². The standard InChI is InChI=1S/C12H9Br2N3O3/c13-7-3-1-2-4-9(7)15-10(18)6-17-5-8(14)11(19)16-12(17)20/h1-5H,6H2,(H,15,18)(H,16,19,20). The van der Waals surface area contributed by atoms with Crippen LogP contribution in [0.3, 0.4) is 0 Å². The minimum Gasteiger partial charge on any atom is -0.324 e. The van der Waals surface area contributed by atoms with Gasteiger partial charge in [0.05, 0.1) is 10.2 Å². The van der Waals surface area contributed by atoms with Gasteiger partial charge < -0.3 is 5.32 Å². The largest absolute Gasteiger partial charge is 0.328 e. The van der Waals surface area contributed by atoms with E-state index in [9.17, 15) is 14.4 Å². The van der Waals surface area contributed by atoms with Gasteiger partial charge in [0.1, 0.15) is 6.54 Å². The van der Waals surface area contributed by atoms with E-state index in [1.807, 2.05) is 6.07 Å².